The Morgan fingerprint density at radius 1 is 1.39 bits per heavy atom. The van der Waals surface area contributed by atoms with Crippen LogP contribution in [-0.2, 0) is 14.3 Å². The molecule has 1 rings (SSSR count). The standard InChI is InChI=1S/C13H23NO3S/c1-4-8-14(10-11(15)17-5-2)12(16)13(3)7-6-9-18-13/h4-10H2,1-3H3. The van der Waals surface area contributed by atoms with Gasteiger partial charge in [0.05, 0.1) is 11.4 Å². The molecule has 0 spiro atoms. The predicted octanol–water partition coefficient (Wildman–Crippen LogP) is 2.07. The number of rotatable bonds is 6. The van der Waals surface area contributed by atoms with Crippen LogP contribution in [0.1, 0.15) is 40.0 Å². The summed E-state index contributed by atoms with van der Waals surface area (Å²) in [6.45, 7) is 6.83. The average Bonchev–Trinajstić information content (AvgIpc) is 2.76. The highest BCUT2D eigenvalue weighted by atomic mass is 32.2. The fourth-order valence-electron chi connectivity index (χ4n) is 2.17. The first kappa shape index (κ1) is 15.3. The predicted molar refractivity (Wildman–Crippen MR) is 73.6 cm³/mol. The number of carbonyl (C=O) groups is 2. The van der Waals surface area contributed by atoms with Crippen LogP contribution in [0.2, 0.25) is 0 Å². The molecular weight excluding hydrogens is 250 g/mol. The monoisotopic (exact) mass is 273 g/mol. The van der Waals surface area contributed by atoms with E-state index in [4.69, 9.17) is 4.74 Å². The van der Waals surface area contributed by atoms with Gasteiger partial charge in [0.15, 0.2) is 0 Å². The van der Waals surface area contributed by atoms with Gasteiger partial charge in [0.1, 0.15) is 6.54 Å². The molecule has 0 saturated carbocycles. The van der Waals surface area contributed by atoms with Crippen molar-refractivity contribution in [2.24, 2.45) is 0 Å². The van der Waals surface area contributed by atoms with Crippen LogP contribution in [0.4, 0.5) is 0 Å². The lowest BCUT2D eigenvalue weighted by Crippen LogP contribution is -2.46. The summed E-state index contributed by atoms with van der Waals surface area (Å²) in [6.07, 6.45) is 2.83. The molecule has 1 unspecified atom stereocenters. The van der Waals surface area contributed by atoms with E-state index in [1.165, 1.54) is 0 Å². The molecule has 0 aromatic carbocycles. The SMILES string of the molecule is CCCN(CC(=O)OCC)C(=O)C1(C)CCCS1. The van der Waals surface area contributed by atoms with Crippen molar-refractivity contribution in [1.82, 2.24) is 4.90 Å². The first-order valence-electron chi connectivity index (χ1n) is 6.62. The lowest BCUT2D eigenvalue weighted by Gasteiger charge is -2.30. The Morgan fingerprint density at radius 3 is 2.61 bits per heavy atom. The third kappa shape index (κ3) is 3.90. The summed E-state index contributed by atoms with van der Waals surface area (Å²) in [6, 6.07) is 0. The number of nitrogens with zero attached hydrogens (tertiary/aromatic N) is 1. The minimum absolute atomic E-state index is 0.0800. The highest BCUT2D eigenvalue weighted by Crippen LogP contribution is 2.39. The molecule has 0 aromatic heterocycles. The smallest absolute Gasteiger partial charge is 0.325 e. The Morgan fingerprint density at radius 2 is 2.11 bits per heavy atom. The van der Waals surface area contributed by atoms with Crippen molar-refractivity contribution in [2.75, 3.05) is 25.4 Å². The lowest BCUT2D eigenvalue weighted by molar-refractivity contribution is -0.149. The zero-order valence-corrected chi connectivity index (χ0v) is 12.3. The number of esters is 1. The van der Waals surface area contributed by atoms with E-state index in [2.05, 4.69) is 0 Å². The van der Waals surface area contributed by atoms with Gasteiger partial charge in [-0.2, -0.15) is 0 Å². The fraction of sp³-hybridized carbons (Fsp3) is 0.846. The van der Waals surface area contributed by atoms with Gasteiger partial charge in [0.2, 0.25) is 5.91 Å². The quantitative estimate of drug-likeness (QED) is 0.695. The maximum absolute atomic E-state index is 12.5. The number of hydrogen-bond acceptors (Lipinski definition) is 4. The fourth-order valence-corrected chi connectivity index (χ4v) is 3.45. The van der Waals surface area contributed by atoms with Gasteiger partial charge in [-0.25, -0.2) is 0 Å². The van der Waals surface area contributed by atoms with Gasteiger partial charge in [-0.3, -0.25) is 9.59 Å². The zero-order chi connectivity index (χ0) is 13.6. The molecule has 1 fully saturated rings. The van der Waals surface area contributed by atoms with Crippen molar-refractivity contribution in [3.05, 3.63) is 0 Å². The van der Waals surface area contributed by atoms with Gasteiger partial charge < -0.3 is 9.64 Å². The Balaban J connectivity index is 2.65. The van der Waals surface area contributed by atoms with E-state index in [1.54, 1.807) is 23.6 Å². The van der Waals surface area contributed by atoms with Crippen LogP contribution in [0.25, 0.3) is 0 Å². The van der Waals surface area contributed by atoms with Crippen molar-refractivity contribution in [3.63, 3.8) is 0 Å². The molecule has 4 nitrogen and oxygen atoms in total. The normalized spacial score (nSPS) is 22.8. The Bertz CT molecular complexity index is 301. The summed E-state index contributed by atoms with van der Waals surface area (Å²) in [5.41, 5.74) is 0. The molecule has 1 heterocycles. The van der Waals surface area contributed by atoms with Crippen molar-refractivity contribution < 1.29 is 14.3 Å². The van der Waals surface area contributed by atoms with Gasteiger partial charge in [-0.15, -0.1) is 11.8 Å². The third-order valence-corrected chi connectivity index (χ3v) is 4.59. The second kappa shape index (κ2) is 7.02. The van der Waals surface area contributed by atoms with Crippen molar-refractivity contribution >= 4 is 23.6 Å². The van der Waals surface area contributed by atoms with E-state index in [-0.39, 0.29) is 23.2 Å². The summed E-state index contributed by atoms with van der Waals surface area (Å²) in [5.74, 6) is 0.799. The first-order chi connectivity index (χ1) is 8.53. The summed E-state index contributed by atoms with van der Waals surface area (Å²) >= 11 is 1.70. The maximum Gasteiger partial charge on any atom is 0.325 e. The summed E-state index contributed by atoms with van der Waals surface area (Å²) in [4.78, 5) is 25.7. The van der Waals surface area contributed by atoms with Crippen LogP contribution >= 0.6 is 11.8 Å². The molecule has 104 valence electrons. The Labute approximate surface area is 113 Å². The van der Waals surface area contributed by atoms with Crippen LogP contribution in [0, 0.1) is 0 Å². The van der Waals surface area contributed by atoms with Crippen LogP contribution in [0.3, 0.4) is 0 Å². The highest BCUT2D eigenvalue weighted by Gasteiger charge is 2.40. The molecule has 0 bridgehead atoms. The maximum atomic E-state index is 12.5. The van der Waals surface area contributed by atoms with E-state index in [1.807, 2.05) is 13.8 Å². The van der Waals surface area contributed by atoms with E-state index in [0.29, 0.717) is 13.2 Å². The van der Waals surface area contributed by atoms with Gasteiger partial charge in [0, 0.05) is 6.54 Å². The molecule has 0 aromatic rings. The molecule has 0 N–H and O–H groups in total. The zero-order valence-electron chi connectivity index (χ0n) is 11.5. The molecule has 0 radical (unpaired) electrons. The van der Waals surface area contributed by atoms with Gasteiger partial charge in [-0.05, 0) is 38.9 Å². The number of amides is 1. The number of hydrogen-bond donors (Lipinski definition) is 0. The summed E-state index contributed by atoms with van der Waals surface area (Å²) < 4.78 is 4.58. The minimum Gasteiger partial charge on any atom is -0.465 e. The third-order valence-electron chi connectivity index (χ3n) is 3.08. The van der Waals surface area contributed by atoms with E-state index in [0.717, 1.165) is 25.0 Å². The van der Waals surface area contributed by atoms with Crippen molar-refractivity contribution in [1.29, 1.82) is 0 Å². The van der Waals surface area contributed by atoms with Crippen LogP contribution < -0.4 is 0 Å². The molecule has 1 amide bonds. The van der Waals surface area contributed by atoms with Crippen LogP contribution in [-0.4, -0.2) is 47.0 Å². The second-order valence-corrected chi connectivity index (χ2v) is 6.31. The van der Waals surface area contributed by atoms with Crippen molar-refractivity contribution in [3.8, 4) is 0 Å². The summed E-state index contributed by atoms with van der Waals surface area (Å²) in [5, 5.41) is 0. The second-order valence-electron chi connectivity index (χ2n) is 4.71. The van der Waals surface area contributed by atoms with Gasteiger partial charge in [0.25, 0.3) is 0 Å². The minimum atomic E-state index is -0.346. The molecule has 1 aliphatic rings. The molecule has 1 atom stereocenters. The summed E-state index contributed by atoms with van der Waals surface area (Å²) in [7, 11) is 0. The van der Waals surface area contributed by atoms with Gasteiger partial charge in [-0.1, -0.05) is 6.92 Å². The molecule has 1 aliphatic heterocycles. The molecule has 5 heteroatoms. The number of carbonyl (C=O) groups excluding carboxylic acids is 2. The molecule has 0 aliphatic carbocycles. The first-order valence-corrected chi connectivity index (χ1v) is 7.61. The number of thioether (sulfide) groups is 1. The lowest BCUT2D eigenvalue weighted by atomic mass is 10.0. The van der Waals surface area contributed by atoms with E-state index in [9.17, 15) is 9.59 Å². The van der Waals surface area contributed by atoms with Gasteiger partial charge >= 0.3 is 5.97 Å². The molecule has 18 heavy (non-hydrogen) atoms. The average molecular weight is 273 g/mol. The van der Waals surface area contributed by atoms with Crippen molar-refractivity contribution in [2.45, 2.75) is 44.8 Å². The Hall–Kier alpha value is -0.710. The highest BCUT2D eigenvalue weighted by molar-refractivity contribution is 8.01. The molecular formula is C13H23NO3S. The Kier molecular flexibility index (Phi) is 5.99. The topological polar surface area (TPSA) is 46.6 Å². The van der Waals surface area contributed by atoms with Crippen LogP contribution in [0.5, 0.6) is 0 Å². The largest absolute Gasteiger partial charge is 0.465 e. The number of ether oxygens (including phenoxy) is 1. The molecule has 1 saturated heterocycles. The van der Waals surface area contributed by atoms with E-state index >= 15 is 0 Å². The van der Waals surface area contributed by atoms with E-state index < -0.39 is 0 Å². The van der Waals surface area contributed by atoms with Crippen LogP contribution in [0.15, 0.2) is 0 Å².